The summed E-state index contributed by atoms with van der Waals surface area (Å²) in [7, 11) is 1.43. The van der Waals surface area contributed by atoms with Crippen molar-refractivity contribution in [3.8, 4) is 0 Å². The van der Waals surface area contributed by atoms with Gasteiger partial charge in [-0.1, -0.05) is 52.0 Å². The minimum absolute atomic E-state index is 0.0701. The largest absolute Gasteiger partial charge is 0.467 e. The van der Waals surface area contributed by atoms with E-state index < -0.39 is 11.2 Å². The Balaban J connectivity index is 2.43. The number of carbonyl (C=O) groups is 1. The van der Waals surface area contributed by atoms with Crippen molar-refractivity contribution >= 4 is 5.97 Å². The molecule has 1 aromatic rings. The number of carbonyl (C=O) groups excluding carboxylic acids is 1. The molecule has 2 unspecified atom stereocenters. The average molecular weight is 276 g/mol. The van der Waals surface area contributed by atoms with Gasteiger partial charge in [0.25, 0.3) is 0 Å². The Kier molecular flexibility index (Phi) is 3.92. The molecule has 0 N–H and O–H groups in total. The third-order valence-electron chi connectivity index (χ3n) is 4.52. The van der Waals surface area contributed by atoms with Gasteiger partial charge in [-0.2, -0.15) is 0 Å². The summed E-state index contributed by atoms with van der Waals surface area (Å²) in [6.07, 6.45) is 1.76. The van der Waals surface area contributed by atoms with Crippen molar-refractivity contribution in [2.45, 2.75) is 51.7 Å². The molecule has 1 heterocycles. The molecule has 1 aromatic carbocycles. The molecule has 1 aliphatic rings. The van der Waals surface area contributed by atoms with Crippen molar-refractivity contribution in [1.29, 1.82) is 0 Å². The molecule has 1 fully saturated rings. The second kappa shape index (κ2) is 5.21. The maximum atomic E-state index is 12.3. The molecule has 3 nitrogen and oxygen atoms in total. The molecule has 1 aliphatic heterocycles. The lowest BCUT2D eigenvalue weighted by Gasteiger charge is -2.21. The lowest BCUT2D eigenvalue weighted by atomic mass is 9.77. The van der Waals surface area contributed by atoms with Crippen LogP contribution in [0, 0.1) is 5.92 Å². The maximum absolute atomic E-state index is 12.3. The Morgan fingerprint density at radius 2 is 1.85 bits per heavy atom. The van der Waals surface area contributed by atoms with Crippen molar-refractivity contribution in [2.75, 3.05) is 7.11 Å². The quantitative estimate of drug-likeness (QED) is 0.610. The normalized spacial score (nSPS) is 28.5. The first-order valence-corrected chi connectivity index (χ1v) is 7.36. The molecule has 20 heavy (non-hydrogen) atoms. The number of ether oxygens (including phenoxy) is 2. The summed E-state index contributed by atoms with van der Waals surface area (Å²) >= 11 is 0. The van der Waals surface area contributed by atoms with Gasteiger partial charge in [0.15, 0.2) is 0 Å². The number of rotatable bonds is 5. The number of esters is 1. The fraction of sp³-hybridized carbons (Fsp3) is 0.588. The van der Waals surface area contributed by atoms with Gasteiger partial charge in [0.2, 0.25) is 5.60 Å². The van der Waals surface area contributed by atoms with Crippen molar-refractivity contribution < 1.29 is 14.3 Å². The Bertz CT molecular complexity index is 491. The van der Waals surface area contributed by atoms with Crippen molar-refractivity contribution in [3.05, 3.63) is 35.4 Å². The molecule has 0 amide bonds. The van der Waals surface area contributed by atoms with Crippen molar-refractivity contribution in [2.24, 2.45) is 5.92 Å². The van der Waals surface area contributed by atoms with Crippen LogP contribution in [0.2, 0.25) is 0 Å². The summed E-state index contributed by atoms with van der Waals surface area (Å²) in [5.41, 5.74) is 0.968. The van der Waals surface area contributed by atoms with E-state index >= 15 is 0 Å². The molecule has 2 rings (SSSR count). The van der Waals surface area contributed by atoms with Crippen LogP contribution < -0.4 is 0 Å². The highest BCUT2D eigenvalue weighted by Crippen LogP contribution is 2.62. The van der Waals surface area contributed by atoms with E-state index in [2.05, 4.69) is 38.1 Å². The van der Waals surface area contributed by atoms with E-state index in [4.69, 9.17) is 9.47 Å². The third-order valence-corrected chi connectivity index (χ3v) is 4.52. The Morgan fingerprint density at radius 3 is 2.25 bits per heavy atom. The van der Waals surface area contributed by atoms with Gasteiger partial charge in [0.05, 0.1) is 7.11 Å². The van der Waals surface area contributed by atoms with Crippen LogP contribution in [-0.2, 0) is 26.3 Å². The van der Waals surface area contributed by atoms with Gasteiger partial charge < -0.3 is 9.47 Å². The number of benzene rings is 1. The molecule has 0 saturated carbocycles. The van der Waals surface area contributed by atoms with Gasteiger partial charge >= 0.3 is 5.97 Å². The lowest BCUT2D eigenvalue weighted by Crippen LogP contribution is -2.38. The van der Waals surface area contributed by atoms with Crippen LogP contribution in [0.15, 0.2) is 24.3 Å². The van der Waals surface area contributed by atoms with Crippen LogP contribution in [0.1, 0.15) is 45.2 Å². The third kappa shape index (κ3) is 1.87. The van der Waals surface area contributed by atoms with Gasteiger partial charge in [-0.05, 0) is 29.9 Å². The molecular formula is C17H24O3. The first-order valence-electron chi connectivity index (χ1n) is 7.36. The second-order valence-corrected chi connectivity index (χ2v) is 5.72. The van der Waals surface area contributed by atoms with Gasteiger partial charge in [-0.25, -0.2) is 4.79 Å². The maximum Gasteiger partial charge on any atom is 0.341 e. The summed E-state index contributed by atoms with van der Waals surface area (Å²) in [6.45, 7) is 8.20. The average Bonchev–Trinajstić information content (AvgIpc) is 3.18. The monoisotopic (exact) mass is 276 g/mol. The number of epoxide rings is 1. The molecular weight excluding hydrogens is 252 g/mol. The number of hydrogen-bond acceptors (Lipinski definition) is 3. The summed E-state index contributed by atoms with van der Waals surface area (Å²) < 4.78 is 11.0. The SMILES string of the molecule is CCc1ccc(C2(CC)OC2(C(=O)OC)C(C)C)cc1. The Hall–Kier alpha value is -1.35. The highest BCUT2D eigenvalue weighted by Gasteiger charge is 2.76. The van der Waals surface area contributed by atoms with Gasteiger partial charge in [0, 0.05) is 0 Å². The Labute approximate surface area is 121 Å². The smallest absolute Gasteiger partial charge is 0.341 e. The number of methoxy groups -OCH3 is 1. The number of aryl methyl sites for hydroxylation is 1. The molecule has 3 heteroatoms. The van der Waals surface area contributed by atoms with E-state index in [0.29, 0.717) is 0 Å². The van der Waals surface area contributed by atoms with Crippen LogP contribution in [0.3, 0.4) is 0 Å². The van der Waals surface area contributed by atoms with E-state index in [0.717, 1.165) is 18.4 Å². The molecule has 1 saturated heterocycles. The zero-order valence-electron chi connectivity index (χ0n) is 13.0. The minimum Gasteiger partial charge on any atom is -0.467 e. The van der Waals surface area contributed by atoms with Crippen LogP contribution >= 0.6 is 0 Å². The molecule has 2 atom stereocenters. The predicted octanol–water partition coefficient (Wildman–Crippen LogP) is 3.45. The van der Waals surface area contributed by atoms with E-state index in [-0.39, 0.29) is 11.9 Å². The predicted molar refractivity (Wildman–Crippen MR) is 78.5 cm³/mol. The minimum atomic E-state index is -0.843. The molecule has 110 valence electrons. The molecule has 0 aromatic heterocycles. The fourth-order valence-electron chi connectivity index (χ4n) is 3.25. The summed E-state index contributed by atoms with van der Waals surface area (Å²) in [4.78, 5) is 12.3. The van der Waals surface area contributed by atoms with Gasteiger partial charge in [-0.15, -0.1) is 0 Å². The number of hydrogen-bond donors (Lipinski definition) is 0. The standard InChI is InChI=1S/C17H24O3/c1-6-13-8-10-14(11-9-13)16(7-2)17(20-16,12(3)4)15(18)19-5/h8-12H,6-7H2,1-5H3. The van der Waals surface area contributed by atoms with Crippen LogP contribution in [-0.4, -0.2) is 18.7 Å². The zero-order valence-corrected chi connectivity index (χ0v) is 13.0. The second-order valence-electron chi connectivity index (χ2n) is 5.72. The van der Waals surface area contributed by atoms with Gasteiger partial charge in [-0.3, -0.25) is 0 Å². The summed E-state index contributed by atoms with van der Waals surface area (Å²) in [5, 5.41) is 0. The van der Waals surface area contributed by atoms with Crippen LogP contribution in [0.5, 0.6) is 0 Å². The van der Waals surface area contributed by atoms with E-state index in [9.17, 15) is 4.79 Å². The van der Waals surface area contributed by atoms with Crippen molar-refractivity contribution in [1.82, 2.24) is 0 Å². The van der Waals surface area contributed by atoms with E-state index in [1.807, 2.05) is 13.8 Å². The van der Waals surface area contributed by atoms with Crippen LogP contribution in [0.25, 0.3) is 0 Å². The van der Waals surface area contributed by atoms with Crippen molar-refractivity contribution in [3.63, 3.8) is 0 Å². The topological polar surface area (TPSA) is 38.8 Å². The molecule has 0 radical (unpaired) electrons. The molecule has 0 spiro atoms. The molecule has 0 aliphatic carbocycles. The lowest BCUT2D eigenvalue weighted by molar-refractivity contribution is -0.148. The first-order chi connectivity index (χ1) is 9.48. The first kappa shape index (κ1) is 15.0. The van der Waals surface area contributed by atoms with E-state index in [1.165, 1.54) is 12.7 Å². The summed E-state index contributed by atoms with van der Waals surface area (Å²) in [5.74, 6) is -0.199. The van der Waals surface area contributed by atoms with Gasteiger partial charge in [0.1, 0.15) is 5.60 Å². The fourth-order valence-corrected chi connectivity index (χ4v) is 3.25. The Morgan fingerprint density at radius 1 is 1.25 bits per heavy atom. The van der Waals surface area contributed by atoms with Crippen LogP contribution in [0.4, 0.5) is 0 Å². The zero-order chi connectivity index (χ0) is 15.0. The highest BCUT2D eigenvalue weighted by atomic mass is 16.7. The summed E-state index contributed by atoms with van der Waals surface area (Å²) in [6, 6.07) is 8.37. The van der Waals surface area contributed by atoms with E-state index in [1.54, 1.807) is 0 Å². The highest BCUT2D eigenvalue weighted by molar-refractivity contribution is 5.85. The molecule has 0 bridgehead atoms.